The summed E-state index contributed by atoms with van der Waals surface area (Å²) in [5.74, 6) is 0.613. The smallest absolute Gasteiger partial charge is 0.0701 e. The van der Waals surface area contributed by atoms with Gasteiger partial charge in [0.1, 0.15) is 0 Å². The van der Waals surface area contributed by atoms with Gasteiger partial charge in [0.15, 0.2) is 0 Å². The number of benzene rings is 1. The molecule has 0 saturated heterocycles. The lowest BCUT2D eigenvalue weighted by molar-refractivity contribution is 0.0223. The molecular weight excluding hydrogens is 332 g/mol. The topological polar surface area (TPSA) is 27.7 Å². The van der Waals surface area contributed by atoms with E-state index in [9.17, 15) is 0 Å². The van der Waals surface area contributed by atoms with Crippen LogP contribution in [0, 0.1) is 12.8 Å². The van der Waals surface area contributed by atoms with Crippen LogP contribution in [0.3, 0.4) is 0 Å². The van der Waals surface area contributed by atoms with Crippen molar-refractivity contribution in [3.63, 3.8) is 0 Å². The predicted octanol–water partition coefficient (Wildman–Crippen LogP) is 3.62. The van der Waals surface area contributed by atoms with Crippen molar-refractivity contribution in [1.29, 1.82) is 0 Å². The van der Waals surface area contributed by atoms with Crippen LogP contribution in [0.15, 0.2) is 24.3 Å². The van der Waals surface area contributed by atoms with E-state index in [1.807, 2.05) is 0 Å². The van der Waals surface area contributed by atoms with Gasteiger partial charge in [-0.05, 0) is 31.2 Å². The molecule has 0 amide bonds. The molecule has 0 aliphatic carbocycles. The molecule has 0 aromatic heterocycles. The number of aryl methyl sites for hydroxylation is 1. The highest BCUT2D eigenvalue weighted by molar-refractivity contribution is 9.09. The Kier molecular flexibility index (Phi) is 10.8. The molecule has 0 heterocycles. The number of hydrogen-bond acceptors (Lipinski definition) is 3. The largest absolute Gasteiger partial charge is 0.382 e. The Balaban J connectivity index is 2.09. The van der Waals surface area contributed by atoms with Crippen molar-refractivity contribution in [2.45, 2.75) is 19.8 Å². The van der Waals surface area contributed by atoms with Crippen molar-refractivity contribution in [3.05, 3.63) is 35.4 Å². The van der Waals surface area contributed by atoms with Gasteiger partial charge in [0.2, 0.25) is 0 Å². The van der Waals surface area contributed by atoms with Gasteiger partial charge in [-0.2, -0.15) is 0 Å². The third kappa shape index (κ3) is 9.25. The van der Waals surface area contributed by atoms with Crippen LogP contribution in [0.2, 0.25) is 0 Å². The Bertz CT molecular complexity index is 354. The number of halogens is 1. The number of hydrogen-bond donors (Lipinski definition) is 0. The minimum Gasteiger partial charge on any atom is -0.382 e. The molecule has 1 aromatic carbocycles. The van der Waals surface area contributed by atoms with Crippen molar-refractivity contribution in [3.8, 4) is 0 Å². The van der Waals surface area contributed by atoms with E-state index in [0.29, 0.717) is 32.3 Å². The third-order valence-electron chi connectivity index (χ3n) is 3.34. The van der Waals surface area contributed by atoms with Crippen LogP contribution in [-0.4, -0.2) is 45.5 Å². The maximum Gasteiger partial charge on any atom is 0.0701 e. The molecule has 0 spiro atoms. The summed E-state index contributed by atoms with van der Waals surface area (Å²) < 4.78 is 15.9. The number of ether oxygens (including phenoxy) is 3. The van der Waals surface area contributed by atoms with Crippen LogP contribution in [0.5, 0.6) is 0 Å². The highest BCUT2D eigenvalue weighted by Gasteiger charge is 2.08. The molecule has 4 heteroatoms. The van der Waals surface area contributed by atoms with E-state index in [-0.39, 0.29) is 0 Å². The molecule has 21 heavy (non-hydrogen) atoms. The van der Waals surface area contributed by atoms with Gasteiger partial charge in [0.25, 0.3) is 0 Å². The second-order valence-corrected chi connectivity index (χ2v) is 5.86. The fourth-order valence-corrected chi connectivity index (χ4v) is 2.56. The summed E-state index contributed by atoms with van der Waals surface area (Å²) in [4.78, 5) is 0. The van der Waals surface area contributed by atoms with Crippen LogP contribution in [-0.2, 0) is 20.6 Å². The first-order valence-corrected chi connectivity index (χ1v) is 8.64. The fraction of sp³-hybridized carbons (Fsp3) is 0.647. The van der Waals surface area contributed by atoms with E-state index in [0.717, 1.165) is 24.8 Å². The molecule has 0 aliphatic heterocycles. The van der Waals surface area contributed by atoms with Crippen molar-refractivity contribution in [2.75, 3.05) is 45.5 Å². The Labute approximate surface area is 137 Å². The second-order valence-electron chi connectivity index (χ2n) is 5.22. The van der Waals surface area contributed by atoms with Gasteiger partial charge in [-0.1, -0.05) is 45.8 Å². The van der Waals surface area contributed by atoms with Crippen molar-refractivity contribution >= 4 is 15.9 Å². The zero-order valence-corrected chi connectivity index (χ0v) is 14.7. The minimum absolute atomic E-state index is 0.613. The van der Waals surface area contributed by atoms with Gasteiger partial charge in [0, 0.05) is 19.0 Å². The Morgan fingerprint density at radius 2 is 1.57 bits per heavy atom. The fourth-order valence-electron chi connectivity index (χ4n) is 2.01. The third-order valence-corrected chi connectivity index (χ3v) is 4.25. The molecule has 3 nitrogen and oxygen atoms in total. The predicted molar refractivity (Wildman–Crippen MR) is 90.3 cm³/mol. The van der Waals surface area contributed by atoms with E-state index >= 15 is 0 Å². The first-order chi connectivity index (χ1) is 10.3. The first kappa shape index (κ1) is 18.6. The Morgan fingerprint density at radius 3 is 2.19 bits per heavy atom. The van der Waals surface area contributed by atoms with Crippen LogP contribution < -0.4 is 0 Å². The molecule has 120 valence electrons. The molecule has 1 atom stereocenters. The standard InChI is InChI=1S/C17H27BrO3/c1-15-3-5-16(6-4-15)13-17(14-18)7-8-20-11-12-21-10-9-19-2/h3-6,17H,7-14H2,1-2H3. The van der Waals surface area contributed by atoms with E-state index in [4.69, 9.17) is 14.2 Å². The summed E-state index contributed by atoms with van der Waals surface area (Å²) in [6.45, 7) is 5.48. The SMILES string of the molecule is COCCOCCOCCC(CBr)Cc1ccc(C)cc1. The van der Waals surface area contributed by atoms with Gasteiger partial charge >= 0.3 is 0 Å². The maximum absolute atomic E-state index is 5.62. The second kappa shape index (κ2) is 12.2. The van der Waals surface area contributed by atoms with Gasteiger partial charge in [0.05, 0.1) is 26.4 Å². The van der Waals surface area contributed by atoms with Crippen LogP contribution in [0.4, 0.5) is 0 Å². The molecule has 0 bridgehead atoms. The van der Waals surface area contributed by atoms with E-state index in [1.165, 1.54) is 11.1 Å². The summed E-state index contributed by atoms with van der Waals surface area (Å²) in [5.41, 5.74) is 2.71. The molecule has 1 unspecified atom stereocenters. The highest BCUT2D eigenvalue weighted by Crippen LogP contribution is 2.15. The lowest BCUT2D eigenvalue weighted by Crippen LogP contribution is -2.13. The van der Waals surface area contributed by atoms with Crippen LogP contribution in [0.1, 0.15) is 17.5 Å². The summed E-state index contributed by atoms with van der Waals surface area (Å²) in [6.07, 6.45) is 2.16. The zero-order valence-electron chi connectivity index (χ0n) is 13.1. The van der Waals surface area contributed by atoms with E-state index in [2.05, 4.69) is 47.1 Å². The quantitative estimate of drug-likeness (QED) is 0.421. The average Bonchev–Trinajstić information content (AvgIpc) is 2.50. The van der Waals surface area contributed by atoms with E-state index in [1.54, 1.807) is 7.11 Å². The molecule has 0 radical (unpaired) electrons. The highest BCUT2D eigenvalue weighted by atomic mass is 79.9. The monoisotopic (exact) mass is 358 g/mol. The lowest BCUT2D eigenvalue weighted by atomic mass is 9.98. The number of alkyl halides is 1. The first-order valence-electron chi connectivity index (χ1n) is 7.52. The molecular formula is C17H27BrO3. The van der Waals surface area contributed by atoms with Crippen molar-refractivity contribution in [2.24, 2.45) is 5.92 Å². The molecule has 1 aromatic rings. The summed E-state index contributed by atoms with van der Waals surface area (Å²) in [6, 6.07) is 8.79. The maximum atomic E-state index is 5.62. The molecule has 0 saturated carbocycles. The minimum atomic E-state index is 0.613. The molecule has 1 rings (SSSR count). The summed E-state index contributed by atoms with van der Waals surface area (Å²) in [5, 5.41) is 1.01. The van der Waals surface area contributed by atoms with Crippen molar-refractivity contribution in [1.82, 2.24) is 0 Å². The summed E-state index contributed by atoms with van der Waals surface area (Å²) in [7, 11) is 1.67. The Hall–Kier alpha value is -0.420. The lowest BCUT2D eigenvalue weighted by Gasteiger charge is -2.14. The normalized spacial score (nSPS) is 12.5. The van der Waals surface area contributed by atoms with Crippen LogP contribution in [0.25, 0.3) is 0 Å². The van der Waals surface area contributed by atoms with Gasteiger partial charge < -0.3 is 14.2 Å². The van der Waals surface area contributed by atoms with Gasteiger partial charge in [-0.3, -0.25) is 0 Å². The molecule has 0 N–H and O–H groups in total. The van der Waals surface area contributed by atoms with Crippen LogP contribution >= 0.6 is 15.9 Å². The average molecular weight is 359 g/mol. The molecule has 0 aliphatic rings. The Morgan fingerprint density at radius 1 is 0.952 bits per heavy atom. The van der Waals surface area contributed by atoms with Gasteiger partial charge in [-0.25, -0.2) is 0 Å². The van der Waals surface area contributed by atoms with Crippen molar-refractivity contribution < 1.29 is 14.2 Å². The molecule has 0 fully saturated rings. The van der Waals surface area contributed by atoms with Gasteiger partial charge in [-0.15, -0.1) is 0 Å². The number of methoxy groups -OCH3 is 1. The van der Waals surface area contributed by atoms with E-state index < -0.39 is 0 Å². The zero-order chi connectivity index (χ0) is 15.3. The number of rotatable bonds is 12. The summed E-state index contributed by atoms with van der Waals surface area (Å²) >= 11 is 3.60.